The molecule has 2 aromatic rings. The predicted molar refractivity (Wildman–Crippen MR) is 92.4 cm³/mol. The fourth-order valence-electron chi connectivity index (χ4n) is 2.94. The maximum atomic E-state index is 13.6. The molecule has 0 unspecified atom stereocenters. The Bertz CT molecular complexity index is 765. The quantitative estimate of drug-likeness (QED) is 0.839. The molecular formula is C18H19FN2O3S. The summed E-state index contributed by atoms with van der Waals surface area (Å²) < 4.78 is 19.2. The van der Waals surface area contributed by atoms with Crippen molar-refractivity contribution in [2.75, 3.05) is 20.7 Å². The minimum absolute atomic E-state index is 0.161. The normalized spacial score (nSPS) is 20.6. The number of hydrogen-bond donors (Lipinski definition) is 0. The lowest BCUT2D eigenvalue weighted by Gasteiger charge is -2.39. The molecule has 0 bridgehead atoms. The third-order valence-electron chi connectivity index (χ3n) is 4.27. The number of benzene rings is 1. The average molecular weight is 362 g/mol. The van der Waals surface area contributed by atoms with Crippen LogP contribution in [-0.2, 0) is 20.9 Å². The van der Waals surface area contributed by atoms with Crippen molar-refractivity contribution in [3.8, 4) is 0 Å². The second kappa shape index (κ2) is 7.33. The number of thiophene rings is 1. The van der Waals surface area contributed by atoms with Crippen molar-refractivity contribution in [1.29, 1.82) is 0 Å². The van der Waals surface area contributed by atoms with Crippen LogP contribution in [-0.4, -0.2) is 48.4 Å². The van der Waals surface area contributed by atoms with Crippen molar-refractivity contribution in [2.24, 2.45) is 0 Å². The van der Waals surface area contributed by atoms with Crippen LogP contribution < -0.4 is 0 Å². The molecular weight excluding hydrogens is 343 g/mol. The Labute approximate surface area is 149 Å². The zero-order valence-corrected chi connectivity index (χ0v) is 14.8. The van der Waals surface area contributed by atoms with Crippen LogP contribution in [0.25, 0.3) is 0 Å². The number of nitrogens with zero attached hydrogens (tertiary/aromatic N) is 2. The Morgan fingerprint density at radius 1 is 1.40 bits per heavy atom. The molecule has 7 heteroatoms. The van der Waals surface area contributed by atoms with Gasteiger partial charge in [0.05, 0.1) is 12.6 Å². The van der Waals surface area contributed by atoms with Gasteiger partial charge in [0.15, 0.2) is 6.10 Å². The summed E-state index contributed by atoms with van der Waals surface area (Å²) in [5, 5.41) is 1.95. The second-order valence-corrected chi connectivity index (χ2v) is 7.04. The summed E-state index contributed by atoms with van der Waals surface area (Å²) in [6, 6.07) is 9.15. The van der Waals surface area contributed by atoms with Gasteiger partial charge in [-0.1, -0.05) is 18.2 Å². The molecule has 0 saturated carbocycles. The van der Waals surface area contributed by atoms with Gasteiger partial charge in [-0.3, -0.25) is 9.59 Å². The zero-order chi connectivity index (χ0) is 18.0. The molecule has 2 atom stereocenters. The van der Waals surface area contributed by atoms with Gasteiger partial charge < -0.3 is 14.5 Å². The van der Waals surface area contributed by atoms with Gasteiger partial charge in [-0.2, -0.15) is 0 Å². The number of carbonyl (C=O) groups is 2. The third-order valence-corrected chi connectivity index (χ3v) is 5.13. The molecule has 132 valence electrons. The number of morpholine rings is 1. The molecule has 1 aliphatic heterocycles. The second-order valence-electron chi connectivity index (χ2n) is 6.01. The fraction of sp³-hybridized carbons (Fsp3) is 0.333. The van der Waals surface area contributed by atoms with Gasteiger partial charge >= 0.3 is 0 Å². The molecule has 25 heavy (non-hydrogen) atoms. The van der Waals surface area contributed by atoms with E-state index in [9.17, 15) is 14.0 Å². The van der Waals surface area contributed by atoms with Gasteiger partial charge in [-0.15, -0.1) is 11.3 Å². The van der Waals surface area contributed by atoms with E-state index in [2.05, 4.69) is 0 Å². The van der Waals surface area contributed by atoms with E-state index in [4.69, 9.17) is 4.74 Å². The minimum atomic E-state index is -0.866. The first-order valence-electron chi connectivity index (χ1n) is 7.87. The molecule has 0 aliphatic carbocycles. The lowest BCUT2D eigenvalue weighted by molar-refractivity contribution is -0.167. The SMILES string of the molecule is CN(Cc1cccs1)C(=O)[C@@H]1OCC(=O)N(C)[C@@H]1c1cccc(F)c1. The van der Waals surface area contributed by atoms with Crippen LogP contribution in [0.15, 0.2) is 41.8 Å². The summed E-state index contributed by atoms with van der Waals surface area (Å²) in [6.45, 7) is 0.301. The first-order valence-corrected chi connectivity index (χ1v) is 8.75. The smallest absolute Gasteiger partial charge is 0.254 e. The molecule has 1 aromatic heterocycles. The number of ether oxygens (including phenoxy) is 1. The highest BCUT2D eigenvalue weighted by atomic mass is 32.1. The van der Waals surface area contributed by atoms with Crippen LogP contribution in [0.5, 0.6) is 0 Å². The Morgan fingerprint density at radius 2 is 2.20 bits per heavy atom. The van der Waals surface area contributed by atoms with Crippen LogP contribution in [0.1, 0.15) is 16.5 Å². The van der Waals surface area contributed by atoms with E-state index in [1.165, 1.54) is 17.0 Å². The summed E-state index contributed by atoms with van der Waals surface area (Å²) in [6.07, 6.45) is -0.866. The Kier molecular flexibility index (Phi) is 5.15. The highest BCUT2D eigenvalue weighted by molar-refractivity contribution is 7.09. The molecule has 0 radical (unpaired) electrons. The fourth-order valence-corrected chi connectivity index (χ4v) is 3.70. The highest BCUT2D eigenvalue weighted by Gasteiger charge is 2.41. The predicted octanol–water partition coefficient (Wildman–Crippen LogP) is 2.44. The molecule has 3 rings (SSSR count). The van der Waals surface area contributed by atoms with Crippen LogP contribution in [0.2, 0.25) is 0 Å². The Hall–Kier alpha value is -2.25. The standard InChI is InChI=1S/C18H19FN2O3S/c1-20(10-14-7-4-8-25-14)18(23)17-16(21(2)15(22)11-24-17)12-5-3-6-13(19)9-12/h3-9,16-17H,10-11H2,1-2H3/t16-,17-/m1/s1. The number of carbonyl (C=O) groups excluding carboxylic acids is 2. The molecule has 1 saturated heterocycles. The van der Waals surface area contributed by atoms with Crippen molar-refractivity contribution < 1.29 is 18.7 Å². The van der Waals surface area contributed by atoms with Gasteiger partial charge in [0.25, 0.3) is 5.91 Å². The van der Waals surface area contributed by atoms with Crippen molar-refractivity contribution in [3.05, 3.63) is 58.0 Å². The molecule has 1 aromatic carbocycles. The summed E-state index contributed by atoms with van der Waals surface area (Å²) in [5.41, 5.74) is 0.540. The lowest BCUT2D eigenvalue weighted by atomic mass is 9.97. The van der Waals surface area contributed by atoms with Crippen LogP contribution in [0.4, 0.5) is 4.39 Å². The molecule has 5 nitrogen and oxygen atoms in total. The maximum absolute atomic E-state index is 13.6. The van der Waals surface area contributed by atoms with Gasteiger partial charge in [0, 0.05) is 19.0 Å². The van der Waals surface area contributed by atoms with E-state index in [0.717, 1.165) is 4.88 Å². The molecule has 2 amide bonds. The first kappa shape index (κ1) is 17.6. The maximum Gasteiger partial charge on any atom is 0.254 e. The summed E-state index contributed by atoms with van der Waals surface area (Å²) in [4.78, 5) is 29.0. The van der Waals surface area contributed by atoms with Crippen LogP contribution >= 0.6 is 11.3 Å². The zero-order valence-electron chi connectivity index (χ0n) is 14.0. The van der Waals surface area contributed by atoms with Crippen LogP contribution in [0, 0.1) is 5.82 Å². The summed E-state index contributed by atoms with van der Waals surface area (Å²) in [5.74, 6) is -0.886. The van der Waals surface area contributed by atoms with Gasteiger partial charge in [-0.05, 0) is 29.1 Å². The number of halogens is 1. The van der Waals surface area contributed by atoms with E-state index in [0.29, 0.717) is 12.1 Å². The van der Waals surface area contributed by atoms with Gasteiger partial charge in [-0.25, -0.2) is 4.39 Å². The Balaban J connectivity index is 1.86. The minimum Gasteiger partial charge on any atom is -0.356 e. The van der Waals surface area contributed by atoms with Crippen molar-refractivity contribution in [2.45, 2.75) is 18.7 Å². The van der Waals surface area contributed by atoms with Gasteiger partial charge in [0.2, 0.25) is 5.91 Å². The Morgan fingerprint density at radius 3 is 2.88 bits per heavy atom. The number of likely N-dealkylation sites (N-methyl/N-ethyl adjacent to an activating group) is 2. The largest absolute Gasteiger partial charge is 0.356 e. The van der Waals surface area contributed by atoms with Crippen molar-refractivity contribution >= 4 is 23.2 Å². The van der Waals surface area contributed by atoms with E-state index in [1.54, 1.807) is 42.5 Å². The van der Waals surface area contributed by atoms with Crippen molar-refractivity contribution in [3.63, 3.8) is 0 Å². The van der Waals surface area contributed by atoms with Crippen molar-refractivity contribution in [1.82, 2.24) is 9.80 Å². The van der Waals surface area contributed by atoms with E-state index in [1.807, 2.05) is 17.5 Å². The van der Waals surface area contributed by atoms with E-state index < -0.39 is 18.0 Å². The number of amides is 2. The van der Waals surface area contributed by atoms with E-state index >= 15 is 0 Å². The topological polar surface area (TPSA) is 49.9 Å². The molecule has 0 spiro atoms. The molecule has 1 aliphatic rings. The average Bonchev–Trinajstić information content (AvgIpc) is 3.09. The monoisotopic (exact) mass is 362 g/mol. The first-order chi connectivity index (χ1) is 12.0. The summed E-state index contributed by atoms with van der Waals surface area (Å²) in [7, 11) is 3.31. The number of rotatable bonds is 4. The lowest BCUT2D eigenvalue weighted by Crippen LogP contribution is -2.53. The number of hydrogen-bond acceptors (Lipinski definition) is 4. The highest BCUT2D eigenvalue weighted by Crippen LogP contribution is 2.30. The van der Waals surface area contributed by atoms with Crippen LogP contribution in [0.3, 0.4) is 0 Å². The molecule has 1 fully saturated rings. The molecule has 2 heterocycles. The van der Waals surface area contributed by atoms with Gasteiger partial charge in [0.1, 0.15) is 12.4 Å². The molecule has 0 N–H and O–H groups in total. The summed E-state index contributed by atoms with van der Waals surface area (Å²) >= 11 is 1.57. The van der Waals surface area contributed by atoms with E-state index in [-0.39, 0.29) is 18.4 Å². The third kappa shape index (κ3) is 3.72.